The SMILES string of the molecule is CC1CC(C)CC(Nc2nc(C(N)C(=O)O)cs2)C1. The van der Waals surface area contributed by atoms with Crippen LogP contribution in [0.5, 0.6) is 0 Å². The lowest BCUT2D eigenvalue weighted by molar-refractivity contribution is -0.138. The maximum absolute atomic E-state index is 10.8. The molecule has 0 aliphatic heterocycles. The maximum atomic E-state index is 10.8. The van der Waals surface area contributed by atoms with Crippen LogP contribution >= 0.6 is 11.3 Å². The number of rotatable bonds is 4. The van der Waals surface area contributed by atoms with E-state index in [1.165, 1.54) is 17.8 Å². The lowest BCUT2D eigenvalue weighted by Gasteiger charge is -2.31. The number of nitrogens with one attached hydrogen (secondary N) is 1. The number of aliphatic carboxylic acids is 1. The molecule has 6 heteroatoms. The summed E-state index contributed by atoms with van der Waals surface area (Å²) >= 11 is 1.43. The van der Waals surface area contributed by atoms with Crippen LogP contribution in [0, 0.1) is 11.8 Å². The van der Waals surface area contributed by atoms with Crippen LogP contribution < -0.4 is 11.1 Å². The highest BCUT2D eigenvalue weighted by molar-refractivity contribution is 7.13. The molecule has 4 N–H and O–H groups in total. The van der Waals surface area contributed by atoms with Gasteiger partial charge in [-0.1, -0.05) is 13.8 Å². The van der Waals surface area contributed by atoms with Gasteiger partial charge in [0.1, 0.15) is 6.04 Å². The Labute approximate surface area is 117 Å². The molecule has 1 aliphatic rings. The number of carboxylic acid groups (broad SMARTS) is 1. The predicted molar refractivity (Wildman–Crippen MR) is 76.3 cm³/mol. The monoisotopic (exact) mass is 283 g/mol. The van der Waals surface area contributed by atoms with Gasteiger partial charge in [-0.25, -0.2) is 4.98 Å². The summed E-state index contributed by atoms with van der Waals surface area (Å²) in [5.74, 6) is 0.403. The van der Waals surface area contributed by atoms with Crippen molar-refractivity contribution in [3.8, 4) is 0 Å². The first-order valence-electron chi connectivity index (χ1n) is 6.66. The molecule has 1 aromatic heterocycles. The number of carbonyl (C=O) groups is 1. The van der Waals surface area contributed by atoms with E-state index >= 15 is 0 Å². The van der Waals surface area contributed by atoms with E-state index in [4.69, 9.17) is 10.8 Å². The third kappa shape index (κ3) is 3.67. The lowest BCUT2D eigenvalue weighted by atomic mass is 9.80. The van der Waals surface area contributed by atoms with Crippen LogP contribution in [0.25, 0.3) is 0 Å². The molecule has 0 amide bonds. The van der Waals surface area contributed by atoms with E-state index in [0.717, 1.165) is 29.8 Å². The van der Waals surface area contributed by atoms with Gasteiger partial charge in [0.2, 0.25) is 0 Å². The molecule has 0 aromatic carbocycles. The van der Waals surface area contributed by atoms with Gasteiger partial charge in [0.15, 0.2) is 5.13 Å². The van der Waals surface area contributed by atoms with Crippen LogP contribution in [0.1, 0.15) is 44.8 Å². The fourth-order valence-corrected chi connectivity index (χ4v) is 3.69. The summed E-state index contributed by atoms with van der Waals surface area (Å²) in [6.45, 7) is 4.55. The number of nitrogens with two attached hydrogens (primary N) is 1. The highest BCUT2D eigenvalue weighted by Gasteiger charge is 2.25. The van der Waals surface area contributed by atoms with E-state index in [2.05, 4.69) is 24.1 Å². The van der Waals surface area contributed by atoms with Gasteiger partial charge < -0.3 is 16.2 Å². The number of hydrogen-bond donors (Lipinski definition) is 3. The average molecular weight is 283 g/mol. The van der Waals surface area contributed by atoms with Crippen molar-refractivity contribution < 1.29 is 9.90 Å². The summed E-state index contributed by atoms with van der Waals surface area (Å²) in [5, 5.41) is 14.8. The second-order valence-corrected chi connectivity index (χ2v) is 6.51. The minimum atomic E-state index is -1.04. The van der Waals surface area contributed by atoms with Crippen molar-refractivity contribution in [3.05, 3.63) is 11.1 Å². The highest BCUT2D eigenvalue weighted by atomic mass is 32.1. The van der Waals surface area contributed by atoms with Crippen LogP contribution in [-0.4, -0.2) is 22.1 Å². The molecule has 1 aliphatic carbocycles. The van der Waals surface area contributed by atoms with Gasteiger partial charge in [0, 0.05) is 11.4 Å². The van der Waals surface area contributed by atoms with Crippen molar-refractivity contribution in [3.63, 3.8) is 0 Å². The summed E-state index contributed by atoms with van der Waals surface area (Å²) < 4.78 is 0. The van der Waals surface area contributed by atoms with Crippen molar-refractivity contribution in [2.24, 2.45) is 17.6 Å². The summed E-state index contributed by atoms with van der Waals surface area (Å²) in [4.78, 5) is 15.1. The normalized spacial score (nSPS) is 28.9. The summed E-state index contributed by atoms with van der Waals surface area (Å²) in [6, 6.07) is -0.602. The average Bonchev–Trinajstić information content (AvgIpc) is 2.74. The zero-order valence-corrected chi connectivity index (χ0v) is 12.1. The van der Waals surface area contributed by atoms with E-state index in [1.807, 2.05) is 0 Å². The standard InChI is InChI=1S/C13H21N3O2S/c1-7-3-8(2)5-9(4-7)15-13-16-10(6-19-13)11(14)12(17)18/h6-9,11H,3-5,14H2,1-2H3,(H,15,16)(H,17,18). The summed E-state index contributed by atoms with van der Waals surface area (Å²) in [7, 11) is 0. The molecule has 0 radical (unpaired) electrons. The second kappa shape index (κ2) is 5.88. The van der Waals surface area contributed by atoms with Crippen LogP contribution in [-0.2, 0) is 4.79 Å². The Balaban J connectivity index is 1.98. The minimum absolute atomic E-state index is 0.428. The van der Waals surface area contributed by atoms with Crippen LogP contribution in [0.15, 0.2) is 5.38 Å². The van der Waals surface area contributed by atoms with Crippen molar-refractivity contribution in [2.45, 2.75) is 45.2 Å². The zero-order chi connectivity index (χ0) is 14.0. The third-order valence-corrected chi connectivity index (χ3v) is 4.40. The molecule has 1 fully saturated rings. The largest absolute Gasteiger partial charge is 0.480 e. The molecule has 19 heavy (non-hydrogen) atoms. The van der Waals surface area contributed by atoms with Crippen molar-refractivity contribution >= 4 is 22.4 Å². The molecule has 2 rings (SSSR count). The Morgan fingerprint density at radius 2 is 2.11 bits per heavy atom. The first-order chi connectivity index (χ1) is 8.95. The number of nitrogens with zero attached hydrogens (tertiary/aromatic N) is 1. The number of thiazole rings is 1. The molecule has 3 atom stereocenters. The molecular formula is C13H21N3O2S. The molecule has 0 bridgehead atoms. The Bertz CT molecular complexity index is 439. The van der Waals surface area contributed by atoms with E-state index < -0.39 is 12.0 Å². The topological polar surface area (TPSA) is 88.2 Å². The number of aromatic nitrogens is 1. The van der Waals surface area contributed by atoms with Gasteiger partial charge in [-0.05, 0) is 31.1 Å². The van der Waals surface area contributed by atoms with Gasteiger partial charge in [0.25, 0.3) is 0 Å². The third-order valence-electron chi connectivity index (χ3n) is 3.61. The van der Waals surface area contributed by atoms with Crippen LogP contribution in [0.2, 0.25) is 0 Å². The Morgan fingerprint density at radius 1 is 1.47 bits per heavy atom. The Kier molecular flexibility index (Phi) is 4.42. The maximum Gasteiger partial charge on any atom is 0.326 e. The smallest absolute Gasteiger partial charge is 0.326 e. The van der Waals surface area contributed by atoms with E-state index in [-0.39, 0.29) is 0 Å². The van der Waals surface area contributed by atoms with Crippen LogP contribution in [0.3, 0.4) is 0 Å². The molecule has 1 heterocycles. The zero-order valence-electron chi connectivity index (χ0n) is 11.3. The van der Waals surface area contributed by atoms with Crippen molar-refractivity contribution in [1.82, 2.24) is 4.98 Å². The summed E-state index contributed by atoms with van der Waals surface area (Å²) in [5.41, 5.74) is 5.97. The van der Waals surface area contributed by atoms with E-state index in [9.17, 15) is 4.79 Å². The van der Waals surface area contributed by atoms with Crippen LogP contribution in [0.4, 0.5) is 5.13 Å². The van der Waals surface area contributed by atoms with Gasteiger partial charge >= 0.3 is 5.97 Å². The molecule has 1 aromatic rings. The lowest BCUT2D eigenvalue weighted by Crippen LogP contribution is -2.30. The number of anilines is 1. The quantitative estimate of drug-likeness (QED) is 0.790. The van der Waals surface area contributed by atoms with E-state index in [0.29, 0.717) is 11.7 Å². The molecule has 5 nitrogen and oxygen atoms in total. The van der Waals surface area contributed by atoms with Gasteiger partial charge in [-0.15, -0.1) is 11.3 Å². The van der Waals surface area contributed by atoms with Crippen molar-refractivity contribution in [1.29, 1.82) is 0 Å². The molecular weight excluding hydrogens is 262 g/mol. The minimum Gasteiger partial charge on any atom is -0.480 e. The fourth-order valence-electron chi connectivity index (χ4n) is 2.86. The van der Waals surface area contributed by atoms with Crippen molar-refractivity contribution in [2.75, 3.05) is 5.32 Å². The number of carboxylic acids is 1. The second-order valence-electron chi connectivity index (χ2n) is 5.65. The molecule has 0 spiro atoms. The van der Waals surface area contributed by atoms with Gasteiger partial charge in [-0.3, -0.25) is 4.79 Å². The number of hydrogen-bond acceptors (Lipinski definition) is 5. The van der Waals surface area contributed by atoms with Gasteiger partial charge in [-0.2, -0.15) is 0 Å². The predicted octanol–water partition coefficient (Wildman–Crippen LogP) is 2.46. The van der Waals surface area contributed by atoms with E-state index in [1.54, 1.807) is 5.38 Å². The molecule has 1 saturated carbocycles. The Morgan fingerprint density at radius 3 is 2.68 bits per heavy atom. The molecule has 0 saturated heterocycles. The van der Waals surface area contributed by atoms with Gasteiger partial charge in [0.05, 0.1) is 5.69 Å². The highest BCUT2D eigenvalue weighted by Crippen LogP contribution is 2.31. The Hall–Kier alpha value is -1.14. The summed E-state index contributed by atoms with van der Waals surface area (Å²) in [6.07, 6.45) is 3.57. The molecule has 3 unspecified atom stereocenters. The molecule has 106 valence electrons. The fraction of sp³-hybridized carbons (Fsp3) is 0.692. The first-order valence-corrected chi connectivity index (χ1v) is 7.54. The first kappa shape index (κ1) is 14.3.